The van der Waals surface area contributed by atoms with Crippen LogP contribution in [0.5, 0.6) is 5.75 Å². The van der Waals surface area contributed by atoms with E-state index in [1.165, 1.54) is 0 Å². The molecule has 17 heavy (non-hydrogen) atoms. The third kappa shape index (κ3) is 2.71. The molecule has 94 valence electrons. The Balaban J connectivity index is 2.40. The maximum absolute atomic E-state index is 10.1. The summed E-state index contributed by atoms with van der Waals surface area (Å²) >= 11 is 9.97. The zero-order valence-electron chi connectivity index (χ0n) is 8.83. The third-order valence-corrected chi connectivity index (χ3v) is 5.05. The van der Waals surface area contributed by atoms with Crippen LogP contribution in [0.25, 0.3) is 0 Å². The van der Waals surface area contributed by atoms with Gasteiger partial charge in [0.2, 0.25) is 0 Å². The monoisotopic (exact) mass is 427 g/mol. The predicted octanol–water partition coefficient (Wildman–Crippen LogP) is 3.45. The number of rotatable bonds is 3. The Bertz CT molecular complexity index is 449. The number of hydrogen-bond donors (Lipinski definition) is 3. The van der Waals surface area contributed by atoms with Gasteiger partial charge in [0.25, 0.3) is 0 Å². The van der Waals surface area contributed by atoms with Gasteiger partial charge in [0.05, 0.1) is 21.1 Å². The molecule has 1 aliphatic carbocycles. The summed E-state index contributed by atoms with van der Waals surface area (Å²) in [5.41, 5.74) is 6.76. The Kier molecular flexibility index (Phi) is 4.20. The van der Waals surface area contributed by atoms with Crippen LogP contribution in [0.1, 0.15) is 24.4 Å². The molecule has 1 fully saturated rings. The number of nitrogens with two attached hydrogens (primary N) is 1. The number of phenolic OH excluding ortho intramolecular Hbond substituents is 1. The molecule has 2 atom stereocenters. The fraction of sp³-hybridized carbons (Fsp3) is 0.455. The summed E-state index contributed by atoms with van der Waals surface area (Å²) in [6, 6.07) is 1.22. The molecular weight excluding hydrogens is 418 g/mol. The first-order valence-corrected chi connectivity index (χ1v) is 7.61. The first-order valence-electron chi connectivity index (χ1n) is 5.23. The van der Waals surface area contributed by atoms with Gasteiger partial charge in [-0.05, 0) is 56.7 Å². The molecule has 0 aromatic heterocycles. The molecule has 2 rings (SSSR count). The average Bonchev–Trinajstić information content (AvgIpc) is 3.08. The maximum atomic E-state index is 10.1. The highest BCUT2D eigenvalue weighted by molar-refractivity contribution is 9.11. The summed E-state index contributed by atoms with van der Waals surface area (Å²) in [4.78, 5) is 0. The van der Waals surface area contributed by atoms with Crippen molar-refractivity contribution < 1.29 is 10.2 Å². The Morgan fingerprint density at radius 3 is 2.35 bits per heavy atom. The first-order chi connectivity index (χ1) is 7.93. The van der Waals surface area contributed by atoms with E-state index in [9.17, 15) is 10.2 Å². The van der Waals surface area contributed by atoms with E-state index in [-0.39, 0.29) is 11.7 Å². The molecule has 1 aromatic carbocycles. The summed E-state index contributed by atoms with van der Waals surface area (Å²) in [6.45, 7) is 0. The molecule has 0 saturated heterocycles. The van der Waals surface area contributed by atoms with E-state index in [2.05, 4.69) is 47.8 Å². The fourth-order valence-electron chi connectivity index (χ4n) is 1.80. The molecule has 3 nitrogen and oxygen atoms in total. The van der Waals surface area contributed by atoms with E-state index in [0.29, 0.717) is 14.5 Å². The summed E-state index contributed by atoms with van der Waals surface area (Å²) in [5, 5.41) is 19.9. The Hall–Kier alpha value is 0.380. The number of halogens is 3. The van der Waals surface area contributed by atoms with Crippen LogP contribution >= 0.6 is 47.8 Å². The Labute approximate surface area is 125 Å². The molecule has 0 heterocycles. The first kappa shape index (κ1) is 13.8. The number of benzene rings is 1. The summed E-state index contributed by atoms with van der Waals surface area (Å²) < 4.78 is 1.86. The van der Waals surface area contributed by atoms with E-state index >= 15 is 0 Å². The van der Waals surface area contributed by atoms with Crippen molar-refractivity contribution in [1.82, 2.24) is 0 Å². The van der Waals surface area contributed by atoms with E-state index in [1.807, 2.05) is 0 Å². The van der Waals surface area contributed by atoms with Crippen LogP contribution in [0.4, 0.5) is 0 Å². The van der Waals surface area contributed by atoms with Crippen molar-refractivity contribution in [3.05, 3.63) is 25.0 Å². The average molecular weight is 430 g/mol. The molecule has 0 spiro atoms. The van der Waals surface area contributed by atoms with Crippen LogP contribution in [0.2, 0.25) is 0 Å². The smallest absolute Gasteiger partial charge is 0.144 e. The lowest BCUT2D eigenvalue weighted by molar-refractivity contribution is 0.121. The molecule has 4 N–H and O–H groups in total. The van der Waals surface area contributed by atoms with Gasteiger partial charge in [-0.1, -0.05) is 15.9 Å². The topological polar surface area (TPSA) is 66.5 Å². The second-order valence-electron chi connectivity index (χ2n) is 4.27. The van der Waals surface area contributed by atoms with Gasteiger partial charge in [-0.25, -0.2) is 0 Å². The molecule has 1 aliphatic rings. The maximum Gasteiger partial charge on any atom is 0.144 e. The molecule has 0 unspecified atom stereocenters. The minimum absolute atomic E-state index is 0.0987. The van der Waals surface area contributed by atoms with Crippen molar-refractivity contribution >= 4 is 47.8 Å². The number of aliphatic hydroxyl groups is 1. The Morgan fingerprint density at radius 2 is 1.82 bits per heavy atom. The van der Waals surface area contributed by atoms with Crippen LogP contribution in [0.3, 0.4) is 0 Å². The number of phenols is 1. The highest BCUT2D eigenvalue weighted by Gasteiger charge is 2.36. The SMILES string of the molecule is N[C@H](c1c(Br)cc(Br)c(O)c1Br)[C@@H](O)C1CC1. The van der Waals surface area contributed by atoms with E-state index in [1.54, 1.807) is 6.07 Å². The highest BCUT2D eigenvalue weighted by Crippen LogP contribution is 2.45. The zero-order chi connectivity index (χ0) is 12.7. The van der Waals surface area contributed by atoms with E-state index in [4.69, 9.17) is 5.73 Å². The largest absolute Gasteiger partial charge is 0.506 e. The van der Waals surface area contributed by atoms with Crippen LogP contribution in [-0.4, -0.2) is 16.3 Å². The third-order valence-electron chi connectivity index (χ3n) is 2.99. The van der Waals surface area contributed by atoms with Gasteiger partial charge >= 0.3 is 0 Å². The van der Waals surface area contributed by atoms with Gasteiger partial charge in [-0.3, -0.25) is 0 Å². The van der Waals surface area contributed by atoms with Crippen molar-refractivity contribution in [1.29, 1.82) is 0 Å². The predicted molar refractivity (Wildman–Crippen MR) is 76.9 cm³/mol. The van der Waals surface area contributed by atoms with E-state index < -0.39 is 12.1 Å². The van der Waals surface area contributed by atoms with Gasteiger partial charge in [-0.2, -0.15) is 0 Å². The van der Waals surface area contributed by atoms with Crippen LogP contribution in [0, 0.1) is 5.92 Å². The molecule has 0 aliphatic heterocycles. The highest BCUT2D eigenvalue weighted by atomic mass is 79.9. The summed E-state index contributed by atoms with van der Waals surface area (Å²) in [6.07, 6.45) is 1.47. The van der Waals surface area contributed by atoms with Gasteiger partial charge in [0, 0.05) is 10.0 Å². The fourth-order valence-corrected chi connectivity index (χ4v) is 4.45. The van der Waals surface area contributed by atoms with Gasteiger partial charge in [-0.15, -0.1) is 0 Å². The minimum Gasteiger partial charge on any atom is -0.506 e. The van der Waals surface area contributed by atoms with Crippen molar-refractivity contribution in [3.8, 4) is 5.75 Å². The standard InChI is InChI=1S/C11H12Br3NO2/c12-5-3-6(13)11(17)8(14)7(5)9(15)10(16)4-1-2-4/h3-4,9-10,16-17H,1-2,15H2/t9-,10+/m1/s1. The normalized spacial score (nSPS) is 19.1. The number of aliphatic hydroxyl groups excluding tert-OH is 1. The van der Waals surface area contributed by atoms with E-state index in [0.717, 1.165) is 17.3 Å². The molecule has 0 radical (unpaired) electrons. The van der Waals surface area contributed by atoms with Gasteiger partial charge in [0.15, 0.2) is 0 Å². The van der Waals surface area contributed by atoms with Crippen molar-refractivity contribution in [2.45, 2.75) is 25.0 Å². The summed E-state index contributed by atoms with van der Waals surface area (Å²) in [7, 11) is 0. The van der Waals surface area contributed by atoms with Crippen molar-refractivity contribution in [3.63, 3.8) is 0 Å². The Morgan fingerprint density at radius 1 is 1.24 bits per heavy atom. The lowest BCUT2D eigenvalue weighted by Gasteiger charge is -2.22. The van der Waals surface area contributed by atoms with Crippen molar-refractivity contribution in [2.75, 3.05) is 0 Å². The molecular formula is C11H12Br3NO2. The van der Waals surface area contributed by atoms with Crippen molar-refractivity contribution in [2.24, 2.45) is 11.7 Å². The van der Waals surface area contributed by atoms with Gasteiger partial charge < -0.3 is 15.9 Å². The molecule has 0 bridgehead atoms. The second kappa shape index (κ2) is 5.17. The zero-order valence-corrected chi connectivity index (χ0v) is 13.6. The number of hydrogen-bond acceptors (Lipinski definition) is 3. The van der Waals surface area contributed by atoms with Gasteiger partial charge in [0.1, 0.15) is 5.75 Å². The lowest BCUT2D eigenvalue weighted by atomic mass is 9.99. The second-order valence-corrected chi connectivity index (χ2v) is 6.77. The van der Waals surface area contributed by atoms with Crippen LogP contribution in [0.15, 0.2) is 19.5 Å². The number of aromatic hydroxyl groups is 1. The quantitative estimate of drug-likeness (QED) is 0.689. The lowest BCUT2D eigenvalue weighted by Crippen LogP contribution is -2.28. The molecule has 1 saturated carbocycles. The molecule has 6 heteroatoms. The minimum atomic E-state index is -0.567. The molecule has 1 aromatic rings. The molecule has 0 amide bonds. The van der Waals surface area contributed by atoms with Crippen LogP contribution < -0.4 is 5.73 Å². The summed E-state index contributed by atoms with van der Waals surface area (Å²) in [5.74, 6) is 0.385. The van der Waals surface area contributed by atoms with Crippen LogP contribution in [-0.2, 0) is 0 Å².